The number of aliphatic carboxylic acids is 1. The van der Waals surface area contributed by atoms with Gasteiger partial charge in [0.25, 0.3) is 0 Å². The highest BCUT2D eigenvalue weighted by molar-refractivity contribution is 5.73. The molecule has 0 aromatic carbocycles. The summed E-state index contributed by atoms with van der Waals surface area (Å²) in [4.78, 5) is 8.90. The van der Waals surface area contributed by atoms with Gasteiger partial charge in [0.2, 0.25) is 0 Å². The smallest absolute Gasteiger partial charge is 0.475 e. The number of rotatable bonds is 0. The Morgan fingerprint density at radius 2 is 1.93 bits per heavy atom. The molecule has 1 rings (SSSR count). The van der Waals surface area contributed by atoms with E-state index in [1.807, 2.05) is 0 Å². The van der Waals surface area contributed by atoms with Gasteiger partial charge in [-0.25, -0.2) is 4.79 Å². The van der Waals surface area contributed by atoms with E-state index in [-0.39, 0.29) is 6.10 Å². The quantitative estimate of drug-likeness (QED) is 0.569. The lowest BCUT2D eigenvalue weighted by Crippen LogP contribution is -2.38. The number of halogens is 3. The molecular formula is C8H14F3NO3. The Balaban J connectivity index is 0.000000265. The molecule has 0 aromatic rings. The van der Waals surface area contributed by atoms with Crippen molar-refractivity contribution in [3.63, 3.8) is 0 Å². The highest BCUT2D eigenvalue weighted by Crippen LogP contribution is 2.13. The van der Waals surface area contributed by atoms with Crippen LogP contribution in [0.4, 0.5) is 13.2 Å². The second kappa shape index (κ2) is 5.92. The zero-order chi connectivity index (χ0) is 12.1. The lowest BCUT2D eigenvalue weighted by Gasteiger charge is -2.24. The zero-order valence-electron chi connectivity index (χ0n) is 8.21. The standard InChI is InChI=1S/C6H13NO.C2HF3O2/c1-5-4-7-3-2-6(5)8;3-2(4,5)1(6)7/h5-8H,2-4H2,1H3;(H,6,7). The molecule has 0 aromatic heterocycles. The maximum Gasteiger partial charge on any atom is 0.490 e. The molecule has 0 bridgehead atoms. The molecule has 2 atom stereocenters. The fraction of sp³-hybridized carbons (Fsp3) is 0.875. The lowest BCUT2D eigenvalue weighted by atomic mass is 9.99. The van der Waals surface area contributed by atoms with E-state index in [1.54, 1.807) is 0 Å². The first-order valence-corrected chi connectivity index (χ1v) is 4.44. The average Bonchev–Trinajstić information content (AvgIpc) is 2.09. The number of carboxylic acid groups (broad SMARTS) is 1. The molecule has 4 nitrogen and oxygen atoms in total. The number of nitrogens with one attached hydrogen (secondary N) is 1. The van der Waals surface area contributed by atoms with Crippen molar-refractivity contribution in [3.8, 4) is 0 Å². The third-order valence-electron chi connectivity index (χ3n) is 1.98. The molecule has 1 aliphatic rings. The fourth-order valence-electron chi connectivity index (χ4n) is 1.00. The number of piperidine rings is 1. The Labute approximate surface area is 85.1 Å². The van der Waals surface area contributed by atoms with E-state index in [4.69, 9.17) is 15.0 Å². The maximum absolute atomic E-state index is 10.6. The van der Waals surface area contributed by atoms with Crippen LogP contribution < -0.4 is 5.32 Å². The predicted octanol–water partition coefficient (Wildman–Crippen LogP) is 0.610. The monoisotopic (exact) mass is 229 g/mol. The van der Waals surface area contributed by atoms with Crippen molar-refractivity contribution in [2.24, 2.45) is 5.92 Å². The summed E-state index contributed by atoms with van der Waals surface area (Å²) in [6.45, 7) is 4.02. The van der Waals surface area contributed by atoms with Crippen molar-refractivity contribution < 1.29 is 28.2 Å². The van der Waals surface area contributed by atoms with Gasteiger partial charge in [0.05, 0.1) is 6.10 Å². The van der Waals surface area contributed by atoms with Crippen molar-refractivity contribution in [3.05, 3.63) is 0 Å². The van der Waals surface area contributed by atoms with Crippen LogP contribution in [0, 0.1) is 5.92 Å². The SMILES string of the molecule is CC1CNCCC1O.O=C(O)C(F)(F)F. The second-order valence-corrected chi connectivity index (χ2v) is 3.34. The number of alkyl halides is 3. The van der Waals surface area contributed by atoms with E-state index in [1.165, 1.54) is 0 Å². The molecule has 7 heteroatoms. The largest absolute Gasteiger partial charge is 0.490 e. The number of aliphatic hydroxyl groups is 1. The number of hydrogen-bond donors (Lipinski definition) is 3. The Bertz CT molecular complexity index is 198. The number of carbonyl (C=O) groups is 1. The van der Waals surface area contributed by atoms with Gasteiger partial charge < -0.3 is 15.5 Å². The molecule has 1 saturated heterocycles. The number of carboxylic acids is 1. The molecule has 15 heavy (non-hydrogen) atoms. The first kappa shape index (κ1) is 14.2. The summed E-state index contributed by atoms with van der Waals surface area (Å²) in [5.41, 5.74) is 0. The van der Waals surface area contributed by atoms with Gasteiger partial charge in [-0.1, -0.05) is 6.92 Å². The normalized spacial score (nSPS) is 26.5. The molecule has 0 radical (unpaired) electrons. The molecule has 1 fully saturated rings. The van der Waals surface area contributed by atoms with Gasteiger partial charge in [0.15, 0.2) is 0 Å². The summed E-state index contributed by atoms with van der Waals surface area (Å²) >= 11 is 0. The fourth-order valence-corrected chi connectivity index (χ4v) is 1.00. The van der Waals surface area contributed by atoms with E-state index >= 15 is 0 Å². The Morgan fingerprint density at radius 1 is 1.47 bits per heavy atom. The molecule has 3 N–H and O–H groups in total. The van der Waals surface area contributed by atoms with Crippen LogP contribution >= 0.6 is 0 Å². The molecule has 0 saturated carbocycles. The molecule has 0 amide bonds. The summed E-state index contributed by atoms with van der Waals surface area (Å²) in [6, 6.07) is 0. The predicted molar refractivity (Wildman–Crippen MR) is 46.3 cm³/mol. The molecule has 1 aliphatic heterocycles. The van der Waals surface area contributed by atoms with Gasteiger partial charge in [-0.3, -0.25) is 0 Å². The summed E-state index contributed by atoms with van der Waals surface area (Å²) < 4.78 is 31.7. The van der Waals surface area contributed by atoms with Crippen molar-refractivity contribution in [2.45, 2.75) is 25.6 Å². The van der Waals surface area contributed by atoms with Crippen LogP contribution in [0.25, 0.3) is 0 Å². The van der Waals surface area contributed by atoms with Gasteiger partial charge in [-0.15, -0.1) is 0 Å². The second-order valence-electron chi connectivity index (χ2n) is 3.34. The van der Waals surface area contributed by atoms with Crippen molar-refractivity contribution >= 4 is 5.97 Å². The van der Waals surface area contributed by atoms with Gasteiger partial charge >= 0.3 is 12.1 Å². The van der Waals surface area contributed by atoms with Crippen LogP contribution in [0.15, 0.2) is 0 Å². The summed E-state index contributed by atoms with van der Waals surface area (Å²) in [5, 5.41) is 19.5. The van der Waals surface area contributed by atoms with E-state index in [0.717, 1.165) is 19.5 Å². The van der Waals surface area contributed by atoms with Crippen LogP contribution in [0.5, 0.6) is 0 Å². The third-order valence-corrected chi connectivity index (χ3v) is 1.98. The van der Waals surface area contributed by atoms with E-state index in [9.17, 15) is 13.2 Å². The van der Waals surface area contributed by atoms with Crippen molar-refractivity contribution in [2.75, 3.05) is 13.1 Å². The zero-order valence-corrected chi connectivity index (χ0v) is 8.21. The average molecular weight is 229 g/mol. The number of hydrogen-bond acceptors (Lipinski definition) is 3. The van der Waals surface area contributed by atoms with Gasteiger partial charge in [-0.05, 0) is 18.9 Å². The molecule has 0 spiro atoms. The van der Waals surface area contributed by atoms with Crippen LogP contribution in [0.3, 0.4) is 0 Å². The van der Waals surface area contributed by atoms with Crippen LogP contribution in [0.2, 0.25) is 0 Å². The highest BCUT2D eigenvalue weighted by atomic mass is 19.4. The Morgan fingerprint density at radius 3 is 2.13 bits per heavy atom. The third kappa shape index (κ3) is 6.29. The maximum atomic E-state index is 10.6. The van der Waals surface area contributed by atoms with E-state index < -0.39 is 12.1 Å². The topological polar surface area (TPSA) is 69.6 Å². The van der Waals surface area contributed by atoms with E-state index in [0.29, 0.717) is 5.92 Å². The minimum Gasteiger partial charge on any atom is -0.475 e. The Hall–Kier alpha value is -0.820. The van der Waals surface area contributed by atoms with Gasteiger partial charge in [-0.2, -0.15) is 13.2 Å². The molecule has 0 aliphatic carbocycles. The highest BCUT2D eigenvalue weighted by Gasteiger charge is 2.38. The number of aliphatic hydroxyl groups excluding tert-OH is 1. The molecule has 90 valence electrons. The molecular weight excluding hydrogens is 215 g/mol. The lowest BCUT2D eigenvalue weighted by molar-refractivity contribution is -0.192. The first-order valence-electron chi connectivity index (χ1n) is 4.44. The van der Waals surface area contributed by atoms with Crippen molar-refractivity contribution in [1.29, 1.82) is 0 Å². The first-order chi connectivity index (χ1) is 6.75. The minimum absolute atomic E-state index is 0.0590. The van der Waals surface area contributed by atoms with Crippen LogP contribution in [0.1, 0.15) is 13.3 Å². The summed E-state index contributed by atoms with van der Waals surface area (Å²) in [6.07, 6.45) is -4.22. The van der Waals surface area contributed by atoms with Gasteiger partial charge in [0, 0.05) is 6.54 Å². The van der Waals surface area contributed by atoms with Gasteiger partial charge in [0.1, 0.15) is 0 Å². The van der Waals surface area contributed by atoms with Crippen LogP contribution in [-0.4, -0.2) is 41.6 Å². The summed E-state index contributed by atoms with van der Waals surface area (Å²) in [5.74, 6) is -2.31. The summed E-state index contributed by atoms with van der Waals surface area (Å²) in [7, 11) is 0. The van der Waals surface area contributed by atoms with Crippen LogP contribution in [-0.2, 0) is 4.79 Å². The molecule has 2 unspecified atom stereocenters. The van der Waals surface area contributed by atoms with E-state index in [2.05, 4.69) is 12.2 Å². The van der Waals surface area contributed by atoms with Crippen molar-refractivity contribution in [1.82, 2.24) is 5.32 Å². The molecule has 1 heterocycles. The Kier molecular flexibility index (Phi) is 5.59. The minimum atomic E-state index is -5.08.